The number of aryl methyl sites for hydroxylation is 1. The fourth-order valence-electron chi connectivity index (χ4n) is 3.87. The van der Waals surface area contributed by atoms with Gasteiger partial charge in [0.25, 0.3) is 5.91 Å². The number of hydrogen-bond donors (Lipinski definition) is 2. The van der Waals surface area contributed by atoms with Crippen LogP contribution in [0.2, 0.25) is 0 Å². The number of nitrogens with one attached hydrogen (secondary N) is 1. The fraction of sp³-hybridized carbons (Fsp3) is 0.333. The Balaban J connectivity index is 1.49. The standard InChI is InChI=1S/C24H28FN5O2/c1-29-22(7-10-27-29)21-16-20(28-24(31)17-3-2-4-18(25)15-17)5-6-23(21)32-14-13-30-11-8-19(26)9-12-30/h2-7,10,15-16,19H,8-9,11-14,26H2,1H3,(H,28,31). The molecule has 0 bridgehead atoms. The van der Waals surface area contributed by atoms with Crippen molar-refractivity contribution in [1.82, 2.24) is 14.7 Å². The largest absolute Gasteiger partial charge is 0.492 e. The van der Waals surface area contributed by atoms with Crippen molar-refractivity contribution in [1.29, 1.82) is 0 Å². The van der Waals surface area contributed by atoms with Crippen LogP contribution in [0.4, 0.5) is 10.1 Å². The van der Waals surface area contributed by atoms with Gasteiger partial charge in [0.05, 0.1) is 5.69 Å². The van der Waals surface area contributed by atoms with Gasteiger partial charge in [0.1, 0.15) is 18.2 Å². The Morgan fingerprint density at radius 2 is 2.03 bits per heavy atom. The van der Waals surface area contributed by atoms with E-state index in [2.05, 4.69) is 15.3 Å². The van der Waals surface area contributed by atoms with Gasteiger partial charge < -0.3 is 15.8 Å². The predicted molar refractivity (Wildman–Crippen MR) is 122 cm³/mol. The van der Waals surface area contributed by atoms with E-state index in [4.69, 9.17) is 10.5 Å². The lowest BCUT2D eigenvalue weighted by Crippen LogP contribution is -2.41. The third kappa shape index (κ3) is 5.33. The number of benzene rings is 2. The van der Waals surface area contributed by atoms with E-state index >= 15 is 0 Å². The molecule has 0 radical (unpaired) electrons. The normalized spacial score (nSPS) is 15.0. The van der Waals surface area contributed by atoms with Crippen LogP contribution >= 0.6 is 0 Å². The van der Waals surface area contributed by atoms with Gasteiger partial charge in [-0.15, -0.1) is 0 Å². The van der Waals surface area contributed by atoms with Crippen LogP contribution in [-0.2, 0) is 7.05 Å². The van der Waals surface area contributed by atoms with Crippen LogP contribution in [-0.4, -0.2) is 52.9 Å². The van der Waals surface area contributed by atoms with Crippen molar-refractivity contribution in [2.24, 2.45) is 12.8 Å². The van der Waals surface area contributed by atoms with Gasteiger partial charge in [0.15, 0.2) is 0 Å². The Morgan fingerprint density at radius 3 is 2.75 bits per heavy atom. The predicted octanol–water partition coefficient (Wildman–Crippen LogP) is 3.28. The second-order valence-electron chi connectivity index (χ2n) is 8.04. The van der Waals surface area contributed by atoms with Gasteiger partial charge >= 0.3 is 0 Å². The molecule has 8 heteroatoms. The minimum absolute atomic E-state index is 0.258. The molecule has 2 heterocycles. The van der Waals surface area contributed by atoms with E-state index < -0.39 is 5.82 Å². The molecule has 3 N–H and O–H groups in total. The molecule has 1 aromatic heterocycles. The third-order valence-corrected chi connectivity index (χ3v) is 5.72. The minimum atomic E-state index is -0.451. The molecule has 2 aromatic carbocycles. The maximum Gasteiger partial charge on any atom is 0.255 e. The number of amides is 1. The summed E-state index contributed by atoms with van der Waals surface area (Å²) < 4.78 is 21.4. The Hall–Kier alpha value is -3.23. The molecule has 1 aliphatic heterocycles. The topological polar surface area (TPSA) is 85.4 Å². The van der Waals surface area contributed by atoms with Gasteiger partial charge in [-0.25, -0.2) is 4.39 Å². The van der Waals surface area contributed by atoms with E-state index in [1.807, 2.05) is 25.2 Å². The van der Waals surface area contributed by atoms with Crippen molar-refractivity contribution in [3.05, 3.63) is 66.1 Å². The molecule has 0 spiro atoms. The van der Waals surface area contributed by atoms with Crippen LogP contribution in [0.3, 0.4) is 0 Å². The quantitative estimate of drug-likeness (QED) is 0.593. The number of carbonyl (C=O) groups excluding carboxylic acids is 1. The van der Waals surface area contributed by atoms with Gasteiger partial charge in [0, 0.05) is 42.6 Å². The molecular formula is C24H28FN5O2. The molecule has 3 aromatic rings. The number of halogens is 1. The molecule has 1 aliphatic rings. The molecule has 0 aliphatic carbocycles. The van der Waals surface area contributed by atoms with E-state index in [0.29, 0.717) is 24.1 Å². The van der Waals surface area contributed by atoms with Gasteiger partial charge in [0.2, 0.25) is 0 Å². The minimum Gasteiger partial charge on any atom is -0.492 e. The number of rotatable bonds is 7. The van der Waals surface area contributed by atoms with Crippen LogP contribution in [0.1, 0.15) is 23.2 Å². The van der Waals surface area contributed by atoms with Crippen molar-refractivity contribution >= 4 is 11.6 Å². The summed E-state index contributed by atoms with van der Waals surface area (Å²) in [6.45, 7) is 3.36. The maximum atomic E-state index is 13.5. The molecule has 168 valence electrons. The van der Waals surface area contributed by atoms with Gasteiger partial charge in [-0.3, -0.25) is 14.4 Å². The molecule has 0 unspecified atom stereocenters. The second kappa shape index (κ2) is 9.93. The molecule has 32 heavy (non-hydrogen) atoms. The summed E-state index contributed by atoms with van der Waals surface area (Å²) in [4.78, 5) is 14.9. The first-order valence-corrected chi connectivity index (χ1v) is 10.8. The summed E-state index contributed by atoms with van der Waals surface area (Å²) in [5, 5.41) is 7.09. The highest BCUT2D eigenvalue weighted by molar-refractivity contribution is 6.04. The smallest absolute Gasteiger partial charge is 0.255 e. The number of carbonyl (C=O) groups is 1. The zero-order chi connectivity index (χ0) is 22.5. The first-order chi connectivity index (χ1) is 15.5. The molecule has 1 fully saturated rings. The highest BCUT2D eigenvalue weighted by Crippen LogP contribution is 2.32. The average Bonchev–Trinajstić information content (AvgIpc) is 3.21. The van der Waals surface area contributed by atoms with Crippen molar-refractivity contribution in [2.75, 3.05) is 31.6 Å². The number of nitrogens with zero attached hydrogens (tertiary/aromatic N) is 3. The lowest BCUT2D eigenvalue weighted by atomic mass is 10.1. The fourth-order valence-corrected chi connectivity index (χ4v) is 3.87. The Kier molecular flexibility index (Phi) is 6.82. The number of nitrogens with two attached hydrogens (primary N) is 1. The third-order valence-electron chi connectivity index (χ3n) is 5.72. The number of anilines is 1. The van der Waals surface area contributed by atoms with Crippen LogP contribution in [0.5, 0.6) is 5.75 Å². The first kappa shape index (κ1) is 22.0. The summed E-state index contributed by atoms with van der Waals surface area (Å²) in [6, 6.07) is 13.3. The number of likely N-dealkylation sites (tertiary alicyclic amines) is 1. The Labute approximate surface area is 187 Å². The number of ether oxygens (including phenoxy) is 1. The van der Waals surface area contributed by atoms with E-state index in [-0.39, 0.29) is 11.5 Å². The average molecular weight is 438 g/mol. The second-order valence-corrected chi connectivity index (χ2v) is 8.04. The molecule has 1 saturated heterocycles. The highest BCUT2D eigenvalue weighted by Gasteiger charge is 2.17. The van der Waals surface area contributed by atoms with Crippen LogP contribution < -0.4 is 15.8 Å². The summed E-state index contributed by atoms with van der Waals surface area (Å²) in [5.74, 6) is -0.115. The van der Waals surface area contributed by atoms with Crippen molar-refractivity contribution in [2.45, 2.75) is 18.9 Å². The number of hydrogen-bond acceptors (Lipinski definition) is 5. The van der Waals surface area contributed by atoms with E-state index in [1.165, 1.54) is 18.2 Å². The molecular weight excluding hydrogens is 409 g/mol. The van der Waals surface area contributed by atoms with Crippen molar-refractivity contribution in [3.8, 4) is 17.0 Å². The Bertz CT molecular complexity index is 1080. The number of piperidine rings is 1. The van der Waals surface area contributed by atoms with Crippen molar-refractivity contribution in [3.63, 3.8) is 0 Å². The number of aromatic nitrogens is 2. The summed E-state index contributed by atoms with van der Waals surface area (Å²) in [6.07, 6.45) is 3.74. The Morgan fingerprint density at radius 1 is 1.22 bits per heavy atom. The van der Waals surface area contributed by atoms with Gasteiger partial charge in [-0.1, -0.05) is 6.07 Å². The van der Waals surface area contributed by atoms with Gasteiger partial charge in [-0.05, 0) is 68.4 Å². The van der Waals surface area contributed by atoms with E-state index in [1.54, 1.807) is 23.0 Å². The van der Waals surface area contributed by atoms with E-state index in [9.17, 15) is 9.18 Å². The van der Waals surface area contributed by atoms with E-state index in [0.717, 1.165) is 43.7 Å². The van der Waals surface area contributed by atoms with Gasteiger partial charge in [-0.2, -0.15) is 5.10 Å². The lowest BCUT2D eigenvalue weighted by molar-refractivity contribution is 0.102. The molecule has 4 rings (SSSR count). The molecule has 0 saturated carbocycles. The monoisotopic (exact) mass is 437 g/mol. The SMILES string of the molecule is Cn1nccc1-c1cc(NC(=O)c2cccc(F)c2)ccc1OCCN1CCC(N)CC1. The maximum absolute atomic E-state index is 13.5. The molecule has 1 amide bonds. The van der Waals surface area contributed by atoms with Crippen LogP contribution in [0.15, 0.2) is 54.7 Å². The van der Waals surface area contributed by atoms with Crippen molar-refractivity contribution < 1.29 is 13.9 Å². The lowest BCUT2D eigenvalue weighted by Gasteiger charge is -2.29. The summed E-state index contributed by atoms with van der Waals surface area (Å²) in [5.41, 5.74) is 8.52. The van der Waals surface area contributed by atoms with Crippen LogP contribution in [0, 0.1) is 5.82 Å². The molecule has 0 atom stereocenters. The first-order valence-electron chi connectivity index (χ1n) is 10.8. The summed E-state index contributed by atoms with van der Waals surface area (Å²) >= 11 is 0. The zero-order valence-corrected chi connectivity index (χ0v) is 18.1. The summed E-state index contributed by atoms with van der Waals surface area (Å²) in [7, 11) is 1.86. The van der Waals surface area contributed by atoms with Crippen LogP contribution in [0.25, 0.3) is 11.3 Å². The molecule has 7 nitrogen and oxygen atoms in total. The zero-order valence-electron chi connectivity index (χ0n) is 18.1. The highest BCUT2D eigenvalue weighted by atomic mass is 19.1.